The van der Waals surface area contributed by atoms with Crippen LogP contribution in [0.15, 0.2) is 27.5 Å². The van der Waals surface area contributed by atoms with Crippen LogP contribution in [0, 0.1) is 5.41 Å². The number of rotatable bonds is 16. The molecule has 0 aromatic carbocycles. The summed E-state index contributed by atoms with van der Waals surface area (Å²) in [7, 11) is -6.52. The van der Waals surface area contributed by atoms with Gasteiger partial charge in [-0.25, -0.2) is 26.4 Å². The van der Waals surface area contributed by atoms with Crippen molar-refractivity contribution in [1.82, 2.24) is 9.80 Å². The number of likely N-dealkylation sites (tertiary alicyclic amines) is 1. The molecule has 1 amide bonds. The van der Waals surface area contributed by atoms with Crippen LogP contribution in [-0.4, -0.2) is 128 Å². The van der Waals surface area contributed by atoms with E-state index in [1.54, 1.807) is 6.92 Å². The Morgan fingerprint density at radius 3 is 2.06 bits per heavy atom. The Bertz CT molecular complexity index is 1770. The van der Waals surface area contributed by atoms with E-state index >= 15 is 0 Å². The van der Waals surface area contributed by atoms with Crippen LogP contribution in [0.1, 0.15) is 77.6 Å². The van der Waals surface area contributed by atoms with Gasteiger partial charge in [-0.1, -0.05) is 0 Å². The molecule has 0 spiro atoms. The number of piperidine rings is 1. The van der Waals surface area contributed by atoms with Crippen molar-refractivity contribution in [2.75, 3.05) is 52.5 Å². The summed E-state index contributed by atoms with van der Waals surface area (Å²) in [6, 6.07) is 0. The van der Waals surface area contributed by atoms with Gasteiger partial charge < -0.3 is 25.8 Å². The van der Waals surface area contributed by atoms with Crippen LogP contribution in [0.4, 0.5) is 0 Å². The molecule has 0 atom stereocenters. The highest BCUT2D eigenvalue weighted by Crippen LogP contribution is 2.52. The van der Waals surface area contributed by atoms with Gasteiger partial charge in [0, 0.05) is 62.5 Å². The summed E-state index contributed by atoms with van der Waals surface area (Å²) in [6.07, 6.45) is 5.80. The van der Waals surface area contributed by atoms with Crippen molar-refractivity contribution >= 4 is 48.9 Å². The van der Waals surface area contributed by atoms with E-state index in [2.05, 4.69) is 4.99 Å². The van der Waals surface area contributed by atoms with Crippen molar-refractivity contribution in [3.8, 4) is 0 Å². The van der Waals surface area contributed by atoms with E-state index in [4.69, 9.17) is 26.4 Å². The Hall–Kier alpha value is -3.31. The molecule has 4 saturated carbocycles. The van der Waals surface area contributed by atoms with E-state index in [0.29, 0.717) is 69.3 Å². The lowest BCUT2D eigenvalue weighted by Gasteiger charge is -2.33. The number of nitrogens with two attached hydrogens (primary N) is 2. The molecule has 4 aliphatic carbocycles. The summed E-state index contributed by atoms with van der Waals surface area (Å²) in [5, 5.41) is 7.86. The van der Waals surface area contributed by atoms with Crippen molar-refractivity contribution in [1.29, 1.82) is 5.41 Å². The van der Waals surface area contributed by atoms with E-state index < -0.39 is 47.0 Å². The van der Waals surface area contributed by atoms with Crippen LogP contribution in [0.5, 0.6) is 0 Å². The van der Waals surface area contributed by atoms with Gasteiger partial charge in [-0.05, 0) is 71.1 Å². The van der Waals surface area contributed by atoms with E-state index in [9.17, 15) is 31.2 Å². The predicted octanol–water partition coefficient (Wildman–Crippen LogP) is 0.527. The zero-order valence-corrected chi connectivity index (χ0v) is 30.2. The molecular weight excluding hydrogens is 689 g/mol. The lowest BCUT2D eigenvalue weighted by Crippen LogP contribution is -2.50. The second kappa shape index (κ2) is 13.7. The Balaban J connectivity index is 1.04. The summed E-state index contributed by atoms with van der Waals surface area (Å²) in [4.78, 5) is 46.8. The SMILES string of the molecule is CCOC(=O)C(N)=C1CCN(CC2(S(=O)(=O)C3CC3)CC2)C(=O)C1=NCCCOC(=O)C(=N)C1=C(N)CN(CC2(S(=O)(=O)C3CC3)CC2)CC1. The number of amides is 1. The van der Waals surface area contributed by atoms with Crippen LogP contribution >= 0.6 is 0 Å². The number of carbonyl (C=O) groups excluding carboxylic acids is 3. The minimum atomic E-state index is -3.36. The molecule has 0 radical (unpaired) electrons. The zero-order valence-electron chi connectivity index (χ0n) is 28.6. The molecule has 17 heteroatoms. The number of esters is 2. The van der Waals surface area contributed by atoms with Gasteiger partial charge in [0.05, 0.1) is 33.2 Å². The normalized spacial score (nSPS) is 25.3. The second-order valence-electron chi connectivity index (χ2n) is 14.5. The molecule has 6 rings (SSSR count). The fourth-order valence-corrected chi connectivity index (χ4v) is 12.1. The molecule has 2 aliphatic heterocycles. The minimum Gasteiger partial charge on any atom is -0.461 e. The molecular formula is C33H48N6O9S2. The van der Waals surface area contributed by atoms with E-state index in [-0.39, 0.29) is 85.4 Å². The molecule has 6 aliphatic rings. The molecule has 15 nitrogen and oxygen atoms in total. The standard InChI is InChI=1S/C33H48N6O9S2/c1-2-47-30(41)27(36)24-9-16-39(20-33(12-13-33)50(45,46)22-6-7-22)29(40)28(24)37-14-3-17-48-31(42)26(35)23-8-15-38(18-25(23)34)19-32(10-11-32)49(43,44)21-4-5-21/h21-22,35H,2-20,34,36H2,1H3. The van der Waals surface area contributed by atoms with Crippen LogP contribution in [0.2, 0.25) is 0 Å². The van der Waals surface area contributed by atoms with Gasteiger partial charge in [-0.3, -0.25) is 20.1 Å². The van der Waals surface area contributed by atoms with E-state index in [1.807, 2.05) is 4.90 Å². The third-order valence-electron chi connectivity index (χ3n) is 10.7. The Morgan fingerprint density at radius 1 is 0.920 bits per heavy atom. The van der Waals surface area contributed by atoms with Gasteiger partial charge >= 0.3 is 11.9 Å². The molecule has 0 bridgehead atoms. The molecule has 276 valence electrons. The highest BCUT2D eigenvalue weighted by Gasteiger charge is 2.61. The van der Waals surface area contributed by atoms with Crippen molar-refractivity contribution in [2.45, 2.75) is 97.5 Å². The molecule has 0 aromatic rings. The number of ether oxygens (including phenoxy) is 2. The Labute approximate surface area is 293 Å². The summed E-state index contributed by atoms with van der Waals surface area (Å²) in [5.41, 5.74) is 12.8. The Morgan fingerprint density at radius 2 is 1.52 bits per heavy atom. The fraction of sp³-hybridized carbons (Fsp3) is 0.727. The van der Waals surface area contributed by atoms with Crippen LogP contribution in [0.25, 0.3) is 0 Å². The Kier molecular flexibility index (Phi) is 9.98. The quantitative estimate of drug-likeness (QED) is 0.0853. The monoisotopic (exact) mass is 736 g/mol. The van der Waals surface area contributed by atoms with E-state index in [1.165, 1.54) is 4.90 Å². The van der Waals surface area contributed by atoms with Crippen LogP contribution in [0.3, 0.4) is 0 Å². The van der Waals surface area contributed by atoms with Gasteiger partial charge in [0.2, 0.25) is 0 Å². The van der Waals surface area contributed by atoms with Gasteiger partial charge in [0.15, 0.2) is 19.7 Å². The number of nitrogens with zero attached hydrogens (tertiary/aromatic N) is 3. The smallest absolute Gasteiger partial charge is 0.356 e. The van der Waals surface area contributed by atoms with E-state index in [0.717, 1.165) is 12.8 Å². The summed E-state index contributed by atoms with van der Waals surface area (Å²) >= 11 is 0. The average molecular weight is 737 g/mol. The van der Waals surface area contributed by atoms with Crippen LogP contribution < -0.4 is 11.5 Å². The van der Waals surface area contributed by atoms with Gasteiger partial charge in [0.1, 0.15) is 17.1 Å². The lowest BCUT2D eigenvalue weighted by atomic mass is 9.98. The maximum Gasteiger partial charge on any atom is 0.356 e. The summed E-state index contributed by atoms with van der Waals surface area (Å²) < 4.78 is 60.8. The highest BCUT2D eigenvalue weighted by atomic mass is 32.2. The average Bonchev–Trinajstić information content (AvgIpc) is 3.87. The minimum absolute atomic E-state index is 0.0337. The number of aliphatic imine (C=N–C) groups is 1. The molecule has 1 saturated heterocycles. The first-order valence-electron chi connectivity index (χ1n) is 17.6. The first kappa shape index (κ1) is 36.5. The van der Waals surface area contributed by atoms with Crippen molar-refractivity contribution in [2.24, 2.45) is 16.5 Å². The van der Waals surface area contributed by atoms with Crippen molar-refractivity contribution < 1.29 is 40.7 Å². The molecule has 0 aromatic heterocycles. The molecule has 2 heterocycles. The lowest BCUT2D eigenvalue weighted by molar-refractivity contribution is -0.138. The number of hydrogen-bond acceptors (Lipinski definition) is 14. The zero-order chi connectivity index (χ0) is 36.1. The molecule has 0 unspecified atom stereocenters. The molecule has 5 N–H and O–H groups in total. The largest absolute Gasteiger partial charge is 0.461 e. The van der Waals surface area contributed by atoms with Crippen LogP contribution in [-0.2, 0) is 43.5 Å². The van der Waals surface area contributed by atoms with Gasteiger partial charge in [-0.15, -0.1) is 0 Å². The van der Waals surface area contributed by atoms with Crippen molar-refractivity contribution in [3.05, 3.63) is 22.5 Å². The third kappa shape index (κ3) is 7.09. The topological polar surface area (TPSA) is 233 Å². The summed E-state index contributed by atoms with van der Waals surface area (Å²) in [6.45, 7) is 3.06. The maximum absolute atomic E-state index is 13.7. The second-order valence-corrected chi connectivity index (χ2v) is 19.7. The number of hydrogen-bond donors (Lipinski definition) is 3. The number of sulfone groups is 2. The van der Waals surface area contributed by atoms with Gasteiger partial charge in [0.25, 0.3) is 5.91 Å². The van der Waals surface area contributed by atoms with Crippen molar-refractivity contribution in [3.63, 3.8) is 0 Å². The maximum atomic E-state index is 13.7. The number of carbonyl (C=O) groups is 3. The highest BCUT2D eigenvalue weighted by molar-refractivity contribution is 7.94. The van der Waals surface area contributed by atoms with Gasteiger partial charge in [-0.2, -0.15) is 0 Å². The molecule has 5 fully saturated rings. The first-order valence-corrected chi connectivity index (χ1v) is 20.7. The predicted molar refractivity (Wildman–Crippen MR) is 185 cm³/mol. The summed E-state index contributed by atoms with van der Waals surface area (Å²) in [5.74, 6) is -2.13. The third-order valence-corrected chi connectivity index (χ3v) is 16.9. The molecule has 50 heavy (non-hydrogen) atoms. The number of nitrogens with one attached hydrogen (secondary N) is 1. The first-order chi connectivity index (χ1) is 23.7. The fourth-order valence-electron chi connectivity index (χ4n) is 7.10.